The molecule has 0 spiro atoms. The van der Waals surface area contributed by atoms with Crippen molar-refractivity contribution >= 4 is 5.97 Å². The molecule has 2 saturated carbocycles. The highest BCUT2D eigenvalue weighted by Crippen LogP contribution is 2.36. The van der Waals surface area contributed by atoms with Crippen LogP contribution in [0, 0.1) is 0 Å². The third-order valence-corrected chi connectivity index (χ3v) is 3.93. The van der Waals surface area contributed by atoms with Crippen LogP contribution < -0.4 is 5.32 Å². The van der Waals surface area contributed by atoms with Crippen LogP contribution in [0.1, 0.15) is 39.0 Å². The first-order chi connectivity index (χ1) is 9.09. The molecule has 0 heterocycles. The molecule has 0 bridgehead atoms. The standard InChI is InChI=1S/C14H25NO4/c1-10(9-17-2)19-12-6-7-14(8-12,13(16)18-3)15-11-4-5-11/h10-12,15H,4-9H2,1-3H3. The molecule has 3 unspecified atom stereocenters. The molecule has 2 aliphatic carbocycles. The third kappa shape index (κ3) is 3.68. The predicted octanol–water partition coefficient (Wildman–Crippen LogP) is 1.25. The van der Waals surface area contributed by atoms with Gasteiger partial charge in [-0.3, -0.25) is 10.1 Å². The van der Waals surface area contributed by atoms with Gasteiger partial charge in [0, 0.05) is 19.6 Å². The molecule has 0 radical (unpaired) electrons. The Kier molecular flexibility index (Phi) is 4.81. The molecule has 2 aliphatic rings. The first-order valence-electron chi connectivity index (χ1n) is 7.10. The number of esters is 1. The van der Waals surface area contributed by atoms with Gasteiger partial charge in [0.2, 0.25) is 0 Å². The molecule has 110 valence electrons. The van der Waals surface area contributed by atoms with Crippen LogP contribution in [0.2, 0.25) is 0 Å². The van der Waals surface area contributed by atoms with E-state index in [-0.39, 0.29) is 18.2 Å². The van der Waals surface area contributed by atoms with Gasteiger partial charge < -0.3 is 14.2 Å². The van der Waals surface area contributed by atoms with E-state index in [4.69, 9.17) is 14.2 Å². The van der Waals surface area contributed by atoms with Gasteiger partial charge in [0.1, 0.15) is 5.54 Å². The average Bonchev–Trinajstić information content (AvgIpc) is 3.09. The molecule has 3 atom stereocenters. The molecule has 19 heavy (non-hydrogen) atoms. The van der Waals surface area contributed by atoms with Gasteiger partial charge in [-0.15, -0.1) is 0 Å². The minimum Gasteiger partial charge on any atom is -0.468 e. The fourth-order valence-corrected chi connectivity index (χ4v) is 2.91. The molecular formula is C14H25NO4. The SMILES string of the molecule is COCC(C)OC1CCC(NC2CC2)(C(=O)OC)C1. The summed E-state index contributed by atoms with van der Waals surface area (Å²) in [7, 11) is 3.13. The molecular weight excluding hydrogens is 246 g/mol. The van der Waals surface area contributed by atoms with Crippen molar-refractivity contribution in [1.82, 2.24) is 5.32 Å². The number of ether oxygens (including phenoxy) is 3. The largest absolute Gasteiger partial charge is 0.468 e. The van der Waals surface area contributed by atoms with Crippen LogP contribution in [0.3, 0.4) is 0 Å². The van der Waals surface area contributed by atoms with Gasteiger partial charge in [-0.1, -0.05) is 0 Å². The Bertz CT molecular complexity index is 319. The number of hydrogen-bond donors (Lipinski definition) is 1. The van der Waals surface area contributed by atoms with Crippen LogP contribution in [-0.4, -0.2) is 50.6 Å². The number of hydrogen-bond acceptors (Lipinski definition) is 5. The van der Waals surface area contributed by atoms with Gasteiger partial charge in [0.15, 0.2) is 0 Å². The summed E-state index contributed by atoms with van der Waals surface area (Å²) in [6.45, 7) is 2.58. The normalized spacial score (nSPS) is 32.3. The van der Waals surface area contributed by atoms with Gasteiger partial charge in [-0.2, -0.15) is 0 Å². The van der Waals surface area contributed by atoms with E-state index in [0.29, 0.717) is 19.1 Å². The van der Waals surface area contributed by atoms with Crippen molar-refractivity contribution in [1.29, 1.82) is 0 Å². The van der Waals surface area contributed by atoms with Crippen LogP contribution in [0.15, 0.2) is 0 Å². The summed E-state index contributed by atoms with van der Waals surface area (Å²) in [5, 5.41) is 3.47. The number of nitrogens with one attached hydrogen (secondary N) is 1. The number of carbonyl (C=O) groups excluding carboxylic acids is 1. The highest BCUT2D eigenvalue weighted by atomic mass is 16.5. The molecule has 2 rings (SSSR count). The van der Waals surface area contributed by atoms with E-state index in [1.54, 1.807) is 7.11 Å². The monoisotopic (exact) mass is 271 g/mol. The van der Waals surface area contributed by atoms with Crippen LogP contribution in [0.5, 0.6) is 0 Å². The van der Waals surface area contributed by atoms with Crippen LogP contribution >= 0.6 is 0 Å². The number of methoxy groups -OCH3 is 2. The Morgan fingerprint density at radius 3 is 2.68 bits per heavy atom. The highest BCUT2D eigenvalue weighted by Gasteiger charge is 2.49. The van der Waals surface area contributed by atoms with Crippen molar-refractivity contribution < 1.29 is 19.0 Å². The first-order valence-corrected chi connectivity index (χ1v) is 7.10. The van der Waals surface area contributed by atoms with Crippen LogP contribution in [0.25, 0.3) is 0 Å². The summed E-state index contributed by atoms with van der Waals surface area (Å²) in [4.78, 5) is 12.1. The van der Waals surface area contributed by atoms with E-state index in [2.05, 4.69) is 5.32 Å². The van der Waals surface area contributed by atoms with Gasteiger partial charge in [0.25, 0.3) is 0 Å². The maximum atomic E-state index is 12.1. The third-order valence-electron chi connectivity index (χ3n) is 3.93. The van der Waals surface area contributed by atoms with E-state index >= 15 is 0 Å². The quantitative estimate of drug-likeness (QED) is 0.706. The Labute approximate surface area is 115 Å². The Morgan fingerprint density at radius 2 is 2.11 bits per heavy atom. The summed E-state index contributed by atoms with van der Waals surface area (Å²) < 4.78 is 16.0. The Morgan fingerprint density at radius 1 is 1.37 bits per heavy atom. The van der Waals surface area contributed by atoms with Crippen molar-refractivity contribution in [2.45, 2.75) is 62.8 Å². The molecule has 0 aromatic rings. The maximum absolute atomic E-state index is 12.1. The first kappa shape index (κ1) is 14.8. The zero-order valence-corrected chi connectivity index (χ0v) is 12.1. The van der Waals surface area contributed by atoms with E-state index in [1.807, 2.05) is 6.92 Å². The zero-order valence-electron chi connectivity index (χ0n) is 12.1. The van der Waals surface area contributed by atoms with Crippen LogP contribution in [-0.2, 0) is 19.0 Å². The lowest BCUT2D eigenvalue weighted by Gasteiger charge is -2.28. The number of rotatable bonds is 7. The minimum absolute atomic E-state index is 0.0596. The van der Waals surface area contributed by atoms with Gasteiger partial charge in [0.05, 0.1) is 25.9 Å². The van der Waals surface area contributed by atoms with Gasteiger partial charge >= 0.3 is 5.97 Å². The summed E-state index contributed by atoms with van der Waals surface area (Å²) in [6, 6.07) is 0.481. The second-order valence-corrected chi connectivity index (χ2v) is 5.76. The molecule has 0 aliphatic heterocycles. The molecule has 2 fully saturated rings. The van der Waals surface area contributed by atoms with Crippen molar-refractivity contribution in [2.24, 2.45) is 0 Å². The zero-order chi connectivity index (χ0) is 13.9. The smallest absolute Gasteiger partial charge is 0.326 e. The van der Waals surface area contributed by atoms with Crippen LogP contribution in [0.4, 0.5) is 0 Å². The van der Waals surface area contributed by atoms with Gasteiger partial charge in [-0.25, -0.2) is 0 Å². The fraction of sp³-hybridized carbons (Fsp3) is 0.929. The molecule has 1 N–H and O–H groups in total. The second-order valence-electron chi connectivity index (χ2n) is 5.76. The van der Waals surface area contributed by atoms with Crippen molar-refractivity contribution in [2.75, 3.05) is 20.8 Å². The molecule has 0 saturated heterocycles. The van der Waals surface area contributed by atoms with Crippen molar-refractivity contribution in [3.8, 4) is 0 Å². The summed E-state index contributed by atoms with van der Waals surface area (Å²) >= 11 is 0. The highest BCUT2D eigenvalue weighted by molar-refractivity contribution is 5.81. The second kappa shape index (κ2) is 6.20. The average molecular weight is 271 g/mol. The maximum Gasteiger partial charge on any atom is 0.326 e. The Hall–Kier alpha value is -0.650. The molecule has 0 aromatic carbocycles. The van der Waals surface area contributed by atoms with E-state index in [1.165, 1.54) is 7.11 Å². The molecule has 0 amide bonds. The topological polar surface area (TPSA) is 56.8 Å². The molecule has 0 aromatic heterocycles. The lowest BCUT2D eigenvalue weighted by atomic mass is 9.97. The van der Waals surface area contributed by atoms with E-state index in [0.717, 1.165) is 25.7 Å². The van der Waals surface area contributed by atoms with Crippen molar-refractivity contribution in [3.63, 3.8) is 0 Å². The molecule has 5 nitrogen and oxygen atoms in total. The summed E-state index contributed by atoms with van der Waals surface area (Å²) in [6.07, 6.45) is 4.86. The van der Waals surface area contributed by atoms with Crippen molar-refractivity contribution in [3.05, 3.63) is 0 Å². The number of carbonyl (C=O) groups is 1. The Balaban J connectivity index is 1.92. The van der Waals surface area contributed by atoms with Gasteiger partial charge in [-0.05, 0) is 32.6 Å². The summed E-state index contributed by atoms with van der Waals surface area (Å²) in [5.41, 5.74) is -0.534. The fourth-order valence-electron chi connectivity index (χ4n) is 2.91. The van der Waals surface area contributed by atoms with E-state index in [9.17, 15) is 4.79 Å². The lowest BCUT2D eigenvalue weighted by Crippen LogP contribution is -2.52. The minimum atomic E-state index is -0.534. The van der Waals surface area contributed by atoms with E-state index < -0.39 is 5.54 Å². The lowest BCUT2D eigenvalue weighted by molar-refractivity contribution is -0.149. The predicted molar refractivity (Wildman–Crippen MR) is 71.0 cm³/mol. The summed E-state index contributed by atoms with van der Waals surface area (Å²) in [5.74, 6) is -0.148. The molecule has 5 heteroatoms.